The number of halogens is 1. The van der Waals surface area contributed by atoms with E-state index in [1.54, 1.807) is 11.0 Å². The highest BCUT2D eigenvalue weighted by molar-refractivity contribution is 14.1. The predicted molar refractivity (Wildman–Crippen MR) is 77.4 cm³/mol. The minimum absolute atomic E-state index is 0.0496. The molecule has 1 aromatic carbocycles. The van der Waals surface area contributed by atoms with Gasteiger partial charge >= 0.3 is 5.97 Å². The Morgan fingerprint density at radius 1 is 1.33 bits per heavy atom. The second kappa shape index (κ2) is 7.35. The molecule has 1 amide bonds. The lowest BCUT2D eigenvalue weighted by atomic mass is 10.2. The number of esters is 1. The monoisotopic (exact) mass is 361 g/mol. The molecular weight excluding hydrogens is 345 g/mol. The molecule has 0 spiro atoms. The Hall–Kier alpha value is -1.11. The standard InChI is InChI=1S/C13H16INO3/c1-3-15(9-8-12(16)18-2)13(17)10-6-4-5-7-11(10)14/h4-7H,3,8-9H2,1-2H3. The fourth-order valence-corrected chi connectivity index (χ4v) is 2.15. The van der Waals surface area contributed by atoms with Crippen LogP contribution in [-0.4, -0.2) is 37.0 Å². The fourth-order valence-electron chi connectivity index (χ4n) is 1.54. The Morgan fingerprint density at radius 2 is 2.00 bits per heavy atom. The largest absolute Gasteiger partial charge is 0.469 e. The van der Waals surface area contributed by atoms with E-state index < -0.39 is 0 Å². The van der Waals surface area contributed by atoms with Gasteiger partial charge in [0.05, 0.1) is 19.1 Å². The number of methoxy groups -OCH3 is 1. The Labute approximate surface area is 120 Å². The molecular formula is C13H16INO3. The smallest absolute Gasteiger partial charge is 0.307 e. The molecule has 0 N–H and O–H groups in total. The van der Waals surface area contributed by atoms with Gasteiger partial charge in [0.25, 0.3) is 5.91 Å². The number of hydrogen-bond donors (Lipinski definition) is 0. The highest BCUT2D eigenvalue weighted by Gasteiger charge is 2.17. The first-order valence-corrected chi connectivity index (χ1v) is 6.78. The van der Waals surface area contributed by atoms with Gasteiger partial charge in [0.2, 0.25) is 0 Å². The maximum absolute atomic E-state index is 12.3. The molecule has 18 heavy (non-hydrogen) atoms. The van der Waals surface area contributed by atoms with E-state index in [0.29, 0.717) is 18.7 Å². The van der Waals surface area contributed by atoms with Crippen molar-refractivity contribution in [2.75, 3.05) is 20.2 Å². The summed E-state index contributed by atoms with van der Waals surface area (Å²) in [6.45, 7) is 2.85. The Kier molecular flexibility index (Phi) is 6.11. The first-order valence-electron chi connectivity index (χ1n) is 5.70. The molecule has 0 fully saturated rings. The molecule has 0 aliphatic heterocycles. The molecule has 0 radical (unpaired) electrons. The summed E-state index contributed by atoms with van der Waals surface area (Å²) in [4.78, 5) is 25.0. The van der Waals surface area contributed by atoms with E-state index in [-0.39, 0.29) is 18.3 Å². The second-order valence-corrected chi connectivity index (χ2v) is 4.85. The zero-order valence-electron chi connectivity index (χ0n) is 10.5. The maximum Gasteiger partial charge on any atom is 0.307 e. The number of carbonyl (C=O) groups excluding carboxylic acids is 2. The summed E-state index contributed by atoms with van der Waals surface area (Å²) in [7, 11) is 1.35. The number of rotatable bonds is 5. The van der Waals surface area contributed by atoms with Crippen LogP contribution in [0.5, 0.6) is 0 Å². The van der Waals surface area contributed by atoms with E-state index in [9.17, 15) is 9.59 Å². The summed E-state index contributed by atoms with van der Waals surface area (Å²) in [5.74, 6) is -0.351. The van der Waals surface area contributed by atoms with Gasteiger partial charge in [-0.15, -0.1) is 0 Å². The van der Waals surface area contributed by atoms with Gasteiger partial charge in [0.1, 0.15) is 0 Å². The summed E-state index contributed by atoms with van der Waals surface area (Å²) in [5.41, 5.74) is 0.671. The van der Waals surface area contributed by atoms with Crippen molar-refractivity contribution in [2.45, 2.75) is 13.3 Å². The predicted octanol–water partition coefficient (Wildman–Crippen LogP) is 2.32. The topological polar surface area (TPSA) is 46.6 Å². The van der Waals surface area contributed by atoms with Gasteiger partial charge in [-0.2, -0.15) is 0 Å². The minimum Gasteiger partial charge on any atom is -0.469 e. The van der Waals surface area contributed by atoms with Crippen molar-refractivity contribution in [1.29, 1.82) is 0 Å². The van der Waals surface area contributed by atoms with Crippen molar-refractivity contribution in [2.24, 2.45) is 0 Å². The molecule has 0 aliphatic carbocycles. The van der Waals surface area contributed by atoms with Gasteiger partial charge in [-0.05, 0) is 41.6 Å². The molecule has 0 unspecified atom stereocenters. The quantitative estimate of drug-likeness (QED) is 0.597. The summed E-state index contributed by atoms with van der Waals surface area (Å²) in [5, 5.41) is 0. The third-order valence-corrected chi connectivity index (χ3v) is 3.53. The normalized spacial score (nSPS) is 9.94. The molecule has 0 saturated carbocycles. The van der Waals surface area contributed by atoms with Gasteiger partial charge in [-0.1, -0.05) is 12.1 Å². The minimum atomic E-state index is -0.302. The molecule has 0 saturated heterocycles. The molecule has 1 rings (SSSR count). The van der Waals surface area contributed by atoms with E-state index in [0.717, 1.165) is 3.57 Å². The van der Waals surface area contributed by atoms with E-state index in [2.05, 4.69) is 27.3 Å². The van der Waals surface area contributed by atoms with E-state index >= 15 is 0 Å². The van der Waals surface area contributed by atoms with Crippen LogP contribution in [0.25, 0.3) is 0 Å². The van der Waals surface area contributed by atoms with Gasteiger partial charge in [0, 0.05) is 16.7 Å². The molecule has 0 atom stereocenters. The highest BCUT2D eigenvalue weighted by Crippen LogP contribution is 2.14. The van der Waals surface area contributed by atoms with Gasteiger partial charge in [0.15, 0.2) is 0 Å². The third kappa shape index (κ3) is 3.97. The molecule has 0 heterocycles. The maximum atomic E-state index is 12.3. The van der Waals surface area contributed by atoms with Crippen molar-refractivity contribution < 1.29 is 14.3 Å². The number of amides is 1. The van der Waals surface area contributed by atoms with Crippen LogP contribution >= 0.6 is 22.6 Å². The van der Waals surface area contributed by atoms with Gasteiger partial charge in [-0.25, -0.2) is 0 Å². The molecule has 1 aromatic rings. The number of ether oxygens (including phenoxy) is 1. The first-order chi connectivity index (χ1) is 8.60. The molecule has 5 heteroatoms. The van der Waals surface area contributed by atoms with Crippen molar-refractivity contribution in [1.82, 2.24) is 4.90 Å². The zero-order valence-corrected chi connectivity index (χ0v) is 12.6. The van der Waals surface area contributed by atoms with Crippen molar-refractivity contribution >= 4 is 34.5 Å². The van der Waals surface area contributed by atoms with E-state index in [1.165, 1.54) is 7.11 Å². The number of hydrogen-bond acceptors (Lipinski definition) is 3. The van der Waals surface area contributed by atoms with Crippen LogP contribution in [0.1, 0.15) is 23.7 Å². The Bertz CT molecular complexity index is 434. The average molecular weight is 361 g/mol. The Balaban J connectivity index is 2.74. The molecule has 0 aromatic heterocycles. The molecule has 98 valence electrons. The lowest BCUT2D eigenvalue weighted by molar-refractivity contribution is -0.140. The van der Waals surface area contributed by atoms with E-state index in [4.69, 9.17) is 0 Å². The van der Waals surface area contributed by atoms with Gasteiger partial charge in [-0.3, -0.25) is 9.59 Å². The molecule has 0 bridgehead atoms. The van der Waals surface area contributed by atoms with Gasteiger partial charge < -0.3 is 9.64 Å². The van der Waals surface area contributed by atoms with Crippen LogP contribution in [0.3, 0.4) is 0 Å². The zero-order chi connectivity index (χ0) is 13.5. The highest BCUT2D eigenvalue weighted by atomic mass is 127. The van der Waals surface area contributed by atoms with Crippen LogP contribution in [0.2, 0.25) is 0 Å². The summed E-state index contributed by atoms with van der Waals surface area (Å²) >= 11 is 2.14. The van der Waals surface area contributed by atoms with Crippen LogP contribution in [0, 0.1) is 3.57 Å². The molecule has 0 aliphatic rings. The van der Waals surface area contributed by atoms with E-state index in [1.807, 2.05) is 25.1 Å². The SMILES string of the molecule is CCN(CCC(=O)OC)C(=O)c1ccccc1I. The lowest BCUT2D eigenvalue weighted by Gasteiger charge is -2.20. The van der Waals surface area contributed by atoms with Crippen LogP contribution in [0.4, 0.5) is 0 Å². The molecule has 4 nitrogen and oxygen atoms in total. The van der Waals surface area contributed by atoms with Crippen molar-refractivity contribution in [3.63, 3.8) is 0 Å². The van der Waals surface area contributed by atoms with Crippen LogP contribution < -0.4 is 0 Å². The van der Waals surface area contributed by atoms with Crippen molar-refractivity contribution in [3.05, 3.63) is 33.4 Å². The second-order valence-electron chi connectivity index (χ2n) is 3.69. The summed E-state index contributed by atoms with van der Waals surface area (Å²) < 4.78 is 5.49. The summed E-state index contributed by atoms with van der Waals surface area (Å²) in [6, 6.07) is 7.42. The summed E-state index contributed by atoms with van der Waals surface area (Å²) in [6.07, 6.45) is 0.222. The van der Waals surface area contributed by atoms with Crippen LogP contribution in [-0.2, 0) is 9.53 Å². The Morgan fingerprint density at radius 3 is 2.56 bits per heavy atom. The number of nitrogens with zero attached hydrogens (tertiary/aromatic N) is 1. The fraction of sp³-hybridized carbons (Fsp3) is 0.385. The third-order valence-electron chi connectivity index (χ3n) is 2.59. The van der Waals surface area contributed by atoms with Crippen LogP contribution in [0.15, 0.2) is 24.3 Å². The number of carbonyl (C=O) groups is 2. The van der Waals surface area contributed by atoms with Crippen molar-refractivity contribution in [3.8, 4) is 0 Å². The first kappa shape index (κ1) is 14.9. The average Bonchev–Trinajstić information content (AvgIpc) is 2.39. The number of benzene rings is 1. The lowest BCUT2D eigenvalue weighted by Crippen LogP contribution is -2.33.